The van der Waals surface area contributed by atoms with Crippen LogP contribution in [0.2, 0.25) is 0 Å². The molecule has 1 unspecified atom stereocenters. The number of nitrogens with zero attached hydrogens (tertiary/aromatic N) is 2. The molecule has 7 nitrogen and oxygen atoms in total. The Morgan fingerprint density at radius 2 is 1.53 bits per heavy atom. The van der Waals surface area contributed by atoms with E-state index in [0.717, 1.165) is 51.3 Å². The molecule has 4 aromatic rings. The van der Waals surface area contributed by atoms with Crippen molar-refractivity contribution in [2.24, 2.45) is 0 Å². The molecule has 7 rings (SSSR count). The number of rotatable bonds is 7. The SMILES string of the molecule is O=C1CCC(Nc2ccc(CN3CCN(c4ccc([C@H]5c6ccc(O)cc6CC[C@H]5c5ccccc5)cc4)CC3)cc2)C(=O)N1. The summed E-state index contributed by atoms with van der Waals surface area (Å²) in [5.74, 6) is 0.558. The van der Waals surface area contributed by atoms with Crippen LogP contribution in [0.3, 0.4) is 0 Å². The molecular weight excluding hydrogens is 560 g/mol. The second-order valence-corrected chi connectivity index (χ2v) is 12.6. The zero-order chi connectivity index (χ0) is 30.8. The maximum atomic E-state index is 12.1. The number of nitrogens with one attached hydrogen (secondary N) is 2. The first-order chi connectivity index (χ1) is 22.0. The van der Waals surface area contributed by atoms with Crippen LogP contribution in [0.25, 0.3) is 0 Å². The molecule has 0 aromatic heterocycles. The molecule has 2 heterocycles. The van der Waals surface area contributed by atoms with Crippen molar-refractivity contribution in [2.75, 3.05) is 36.4 Å². The Bertz CT molecular complexity index is 1650. The molecule has 2 amide bonds. The fourth-order valence-electron chi connectivity index (χ4n) is 7.33. The highest BCUT2D eigenvalue weighted by Gasteiger charge is 2.32. The monoisotopic (exact) mass is 600 g/mol. The zero-order valence-electron chi connectivity index (χ0n) is 25.5. The lowest BCUT2D eigenvalue weighted by atomic mass is 9.69. The number of benzene rings is 4. The van der Waals surface area contributed by atoms with Crippen LogP contribution >= 0.6 is 0 Å². The van der Waals surface area contributed by atoms with Crippen LogP contribution < -0.4 is 15.5 Å². The van der Waals surface area contributed by atoms with Crippen molar-refractivity contribution < 1.29 is 14.7 Å². The lowest BCUT2D eigenvalue weighted by Gasteiger charge is -2.37. The molecule has 230 valence electrons. The molecule has 0 bridgehead atoms. The van der Waals surface area contributed by atoms with E-state index in [0.29, 0.717) is 24.5 Å². The molecule has 3 N–H and O–H groups in total. The van der Waals surface area contributed by atoms with Gasteiger partial charge < -0.3 is 15.3 Å². The molecule has 3 atom stereocenters. The van der Waals surface area contributed by atoms with Gasteiger partial charge in [-0.25, -0.2) is 0 Å². The Morgan fingerprint density at radius 3 is 2.27 bits per heavy atom. The third kappa shape index (κ3) is 6.45. The number of anilines is 2. The lowest BCUT2D eigenvalue weighted by Crippen LogP contribution is -2.47. The van der Waals surface area contributed by atoms with E-state index in [9.17, 15) is 14.7 Å². The Labute approximate surface area is 264 Å². The highest BCUT2D eigenvalue weighted by molar-refractivity contribution is 6.01. The van der Waals surface area contributed by atoms with Gasteiger partial charge in [-0.2, -0.15) is 0 Å². The maximum Gasteiger partial charge on any atom is 0.249 e. The summed E-state index contributed by atoms with van der Waals surface area (Å²) in [6.07, 6.45) is 2.93. The van der Waals surface area contributed by atoms with Crippen molar-refractivity contribution in [3.8, 4) is 5.75 Å². The molecule has 2 fully saturated rings. The number of hydrogen-bond donors (Lipinski definition) is 3. The minimum absolute atomic E-state index is 0.198. The molecule has 1 aliphatic carbocycles. The van der Waals surface area contributed by atoms with Gasteiger partial charge in [0.2, 0.25) is 11.8 Å². The van der Waals surface area contributed by atoms with Gasteiger partial charge in [0.25, 0.3) is 0 Å². The summed E-state index contributed by atoms with van der Waals surface area (Å²) in [6.45, 7) is 4.84. The van der Waals surface area contributed by atoms with Gasteiger partial charge in [-0.3, -0.25) is 19.8 Å². The number of aryl methyl sites for hydroxylation is 1. The quantitative estimate of drug-likeness (QED) is 0.233. The first kappa shape index (κ1) is 29.1. The molecule has 4 aromatic carbocycles. The van der Waals surface area contributed by atoms with Gasteiger partial charge in [-0.15, -0.1) is 0 Å². The number of carbonyl (C=O) groups is 2. The Kier molecular flexibility index (Phi) is 8.27. The van der Waals surface area contributed by atoms with Crippen LogP contribution in [0.4, 0.5) is 11.4 Å². The molecular formula is C38H40N4O3. The van der Waals surface area contributed by atoms with Crippen LogP contribution in [0.5, 0.6) is 5.75 Å². The normalized spacial score (nSPS) is 22.0. The second kappa shape index (κ2) is 12.8. The number of amides is 2. The van der Waals surface area contributed by atoms with Crippen molar-refractivity contribution >= 4 is 23.2 Å². The molecule has 7 heteroatoms. The van der Waals surface area contributed by atoms with Crippen molar-refractivity contribution in [3.05, 3.63) is 125 Å². The summed E-state index contributed by atoms with van der Waals surface area (Å²) in [5.41, 5.74) is 8.69. The van der Waals surface area contributed by atoms with E-state index in [4.69, 9.17) is 0 Å². The largest absolute Gasteiger partial charge is 0.508 e. The average Bonchev–Trinajstić information content (AvgIpc) is 3.07. The fourth-order valence-corrected chi connectivity index (χ4v) is 7.33. The van der Waals surface area contributed by atoms with Crippen LogP contribution in [0.1, 0.15) is 58.9 Å². The third-order valence-corrected chi connectivity index (χ3v) is 9.75. The molecule has 0 saturated carbocycles. The standard InChI is InChI=1S/C38H40N4O3/c43-32-15-17-34-29(24-32)10-16-33(27-4-2-1-3-5-27)37(34)28-8-13-31(14-9-28)42-22-20-41(21-23-42)25-26-6-11-30(12-7-26)39-35-18-19-36(44)40-38(35)45/h1-9,11-15,17,24,33,35,37,39,43H,10,16,18-23,25H2,(H,40,44,45)/t33-,35?,37+/m0/s1. The van der Waals surface area contributed by atoms with Crippen LogP contribution in [-0.4, -0.2) is 54.0 Å². The maximum absolute atomic E-state index is 12.1. The third-order valence-electron chi connectivity index (χ3n) is 9.75. The summed E-state index contributed by atoms with van der Waals surface area (Å²) >= 11 is 0. The first-order valence-corrected chi connectivity index (χ1v) is 16.1. The summed E-state index contributed by atoms with van der Waals surface area (Å²) in [5, 5.41) is 15.8. The highest BCUT2D eigenvalue weighted by Crippen LogP contribution is 2.47. The molecule has 2 aliphatic heterocycles. The van der Waals surface area contributed by atoms with Crippen LogP contribution in [0.15, 0.2) is 97.1 Å². The minimum atomic E-state index is -0.367. The van der Waals surface area contributed by atoms with Crippen molar-refractivity contribution in [2.45, 2.75) is 50.1 Å². The van der Waals surface area contributed by atoms with Gasteiger partial charge in [0.15, 0.2) is 0 Å². The van der Waals surface area contributed by atoms with E-state index in [-0.39, 0.29) is 23.8 Å². The first-order valence-electron chi connectivity index (χ1n) is 16.1. The predicted octanol–water partition coefficient (Wildman–Crippen LogP) is 5.79. The Hall–Kier alpha value is -4.62. The van der Waals surface area contributed by atoms with E-state index in [1.54, 1.807) is 0 Å². The topological polar surface area (TPSA) is 84.9 Å². The van der Waals surface area contributed by atoms with Gasteiger partial charge in [-0.05, 0) is 89.4 Å². The van der Waals surface area contributed by atoms with E-state index in [2.05, 4.69) is 93.2 Å². The van der Waals surface area contributed by atoms with E-state index in [1.165, 1.54) is 33.5 Å². The highest BCUT2D eigenvalue weighted by atomic mass is 16.3. The molecule has 0 radical (unpaired) electrons. The Morgan fingerprint density at radius 1 is 0.778 bits per heavy atom. The van der Waals surface area contributed by atoms with Crippen LogP contribution in [-0.2, 0) is 22.6 Å². The molecule has 3 aliphatic rings. The predicted molar refractivity (Wildman–Crippen MR) is 178 cm³/mol. The number of carbonyl (C=O) groups excluding carboxylic acids is 2. The Balaban J connectivity index is 0.977. The smallest absolute Gasteiger partial charge is 0.249 e. The number of piperazine rings is 1. The van der Waals surface area contributed by atoms with Gasteiger partial charge >= 0.3 is 0 Å². The summed E-state index contributed by atoms with van der Waals surface area (Å²) in [6, 6.07) is 33.9. The van der Waals surface area contributed by atoms with Gasteiger partial charge in [-0.1, -0.05) is 60.7 Å². The molecule has 2 saturated heterocycles. The summed E-state index contributed by atoms with van der Waals surface area (Å²) in [7, 11) is 0. The minimum Gasteiger partial charge on any atom is -0.508 e. The van der Waals surface area contributed by atoms with Gasteiger partial charge in [0.05, 0.1) is 0 Å². The number of piperidine rings is 1. The molecule has 45 heavy (non-hydrogen) atoms. The number of imide groups is 1. The number of phenolic OH excluding ortho intramolecular Hbond substituents is 1. The van der Waals surface area contributed by atoms with Crippen LogP contribution in [0, 0.1) is 0 Å². The molecule has 0 spiro atoms. The second-order valence-electron chi connectivity index (χ2n) is 12.6. The summed E-state index contributed by atoms with van der Waals surface area (Å²) in [4.78, 5) is 28.4. The fraction of sp³-hybridized carbons (Fsp3) is 0.316. The zero-order valence-corrected chi connectivity index (χ0v) is 25.5. The number of hydrogen-bond acceptors (Lipinski definition) is 6. The average molecular weight is 601 g/mol. The van der Waals surface area contributed by atoms with Gasteiger partial charge in [0.1, 0.15) is 11.8 Å². The van der Waals surface area contributed by atoms with Gasteiger partial charge in [0, 0.05) is 56.4 Å². The number of phenols is 1. The van der Waals surface area contributed by atoms with E-state index < -0.39 is 0 Å². The van der Waals surface area contributed by atoms with E-state index in [1.807, 2.05) is 24.3 Å². The summed E-state index contributed by atoms with van der Waals surface area (Å²) < 4.78 is 0. The lowest BCUT2D eigenvalue weighted by molar-refractivity contribution is -0.133. The van der Waals surface area contributed by atoms with Crippen molar-refractivity contribution in [3.63, 3.8) is 0 Å². The van der Waals surface area contributed by atoms with Crippen molar-refractivity contribution in [1.29, 1.82) is 0 Å². The number of fused-ring (bicyclic) bond motifs is 1. The number of aromatic hydroxyl groups is 1. The van der Waals surface area contributed by atoms with E-state index >= 15 is 0 Å². The van der Waals surface area contributed by atoms with Crippen molar-refractivity contribution in [1.82, 2.24) is 10.2 Å².